The van der Waals surface area contributed by atoms with Crippen LogP contribution >= 0.6 is 0 Å². The second-order valence-corrected chi connectivity index (χ2v) is 6.89. The number of carbonyl (C=O) groups is 2. The molecule has 1 atom stereocenters. The first-order chi connectivity index (χ1) is 13.0. The van der Waals surface area contributed by atoms with Crippen LogP contribution < -0.4 is 5.32 Å². The highest BCUT2D eigenvalue weighted by Gasteiger charge is 2.18. The lowest BCUT2D eigenvalue weighted by Gasteiger charge is -2.23. The van der Waals surface area contributed by atoms with Gasteiger partial charge in [-0.15, -0.1) is 0 Å². The lowest BCUT2D eigenvalue weighted by Crippen LogP contribution is -2.40. The van der Waals surface area contributed by atoms with Crippen LogP contribution in [0.1, 0.15) is 46.6 Å². The third-order valence-electron chi connectivity index (χ3n) is 4.90. The number of rotatable bonds is 6. The van der Waals surface area contributed by atoms with Crippen molar-refractivity contribution in [1.29, 1.82) is 0 Å². The van der Waals surface area contributed by atoms with E-state index in [2.05, 4.69) is 10.4 Å². The Balaban J connectivity index is 1.72. The van der Waals surface area contributed by atoms with E-state index in [0.29, 0.717) is 18.6 Å². The minimum Gasteiger partial charge on any atom is -0.481 e. The smallest absolute Gasteiger partial charge is 0.303 e. The zero-order valence-electron chi connectivity index (χ0n) is 15.7. The molecule has 0 radical (unpaired) electrons. The number of ether oxygens (including phenoxy) is 1. The summed E-state index contributed by atoms with van der Waals surface area (Å²) in [5.74, 6) is -0.923. The number of hydrogen-bond acceptors (Lipinski definition) is 4. The van der Waals surface area contributed by atoms with Crippen LogP contribution in [0.3, 0.4) is 0 Å². The number of aromatic nitrogens is 2. The summed E-state index contributed by atoms with van der Waals surface area (Å²) < 4.78 is 7.19. The van der Waals surface area contributed by atoms with Gasteiger partial charge in [0.25, 0.3) is 5.91 Å². The second-order valence-electron chi connectivity index (χ2n) is 6.89. The minimum atomic E-state index is -0.819. The average molecular weight is 371 g/mol. The molecule has 2 N–H and O–H groups in total. The Morgan fingerprint density at radius 3 is 2.67 bits per heavy atom. The van der Waals surface area contributed by atoms with E-state index in [1.165, 1.54) is 0 Å². The van der Waals surface area contributed by atoms with Gasteiger partial charge < -0.3 is 15.2 Å². The Morgan fingerprint density at radius 1 is 1.30 bits per heavy atom. The molecule has 1 amide bonds. The summed E-state index contributed by atoms with van der Waals surface area (Å²) in [6.45, 7) is 5.14. The summed E-state index contributed by atoms with van der Waals surface area (Å²) in [5, 5.41) is 16.4. The molecule has 7 nitrogen and oxygen atoms in total. The number of carboxylic acid groups (broad SMARTS) is 1. The molecule has 7 heteroatoms. The van der Waals surface area contributed by atoms with Crippen LogP contribution in [0.25, 0.3) is 5.69 Å². The number of benzene rings is 1. The lowest BCUT2D eigenvalue weighted by molar-refractivity contribution is -0.136. The minimum absolute atomic E-state index is 0.0683. The fourth-order valence-electron chi connectivity index (χ4n) is 3.40. The molecule has 2 aromatic rings. The van der Waals surface area contributed by atoms with Gasteiger partial charge in [0.05, 0.1) is 24.0 Å². The fraction of sp³-hybridized carbons (Fsp3) is 0.450. The van der Waals surface area contributed by atoms with Crippen molar-refractivity contribution < 1.29 is 19.4 Å². The predicted molar refractivity (Wildman–Crippen MR) is 100 cm³/mol. The summed E-state index contributed by atoms with van der Waals surface area (Å²) in [6.07, 6.45) is 2.44. The van der Waals surface area contributed by atoms with Gasteiger partial charge in [0, 0.05) is 24.3 Å². The molecule has 1 aromatic carbocycles. The quantitative estimate of drug-likeness (QED) is 0.813. The van der Waals surface area contributed by atoms with Gasteiger partial charge in [0.2, 0.25) is 0 Å². The molecule has 1 saturated heterocycles. The molecule has 1 aromatic heterocycles. The normalized spacial score (nSPS) is 16.9. The van der Waals surface area contributed by atoms with Crippen molar-refractivity contribution in [3.63, 3.8) is 0 Å². The fourth-order valence-corrected chi connectivity index (χ4v) is 3.40. The van der Waals surface area contributed by atoms with Crippen LogP contribution in [0.5, 0.6) is 0 Å². The van der Waals surface area contributed by atoms with Gasteiger partial charge in [0.1, 0.15) is 0 Å². The van der Waals surface area contributed by atoms with Crippen molar-refractivity contribution in [2.24, 2.45) is 0 Å². The molecule has 144 valence electrons. The molecule has 27 heavy (non-hydrogen) atoms. The summed E-state index contributed by atoms with van der Waals surface area (Å²) >= 11 is 0. The molecule has 1 aliphatic heterocycles. The largest absolute Gasteiger partial charge is 0.481 e. The summed E-state index contributed by atoms with van der Waals surface area (Å²) in [5.41, 5.74) is 4.14. The zero-order chi connectivity index (χ0) is 19.4. The van der Waals surface area contributed by atoms with Crippen LogP contribution in [0.2, 0.25) is 0 Å². The highest BCUT2D eigenvalue weighted by Crippen LogP contribution is 2.20. The zero-order valence-corrected chi connectivity index (χ0v) is 15.7. The number of nitrogens with one attached hydrogen (secondary N) is 1. The van der Waals surface area contributed by atoms with Gasteiger partial charge in [-0.05, 0) is 62.9 Å². The number of carbonyl (C=O) groups excluding carboxylic acids is 1. The number of carboxylic acids is 1. The summed E-state index contributed by atoms with van der Waals surface area (Å²) in [4.78, 5) is 23.2. The maximum atomic E-state index is 12.4. The first-order valence-corrected chi connectivity index (χ1v) is 9.21. The number of amides is 1. The van der Waals surface area contributed by atoms with Crippen molar-refractivity contribution in [2.45, 2.75) is 45.6 Å². The van der Waals surface area contributed by atoms with E-state index in [1.54, 1.807) is 16.8 Å². The molecule has 0 saturated carbocycles. The Morgan fingerprint density at radius 2 is 2.04 bits per heavy atom. The van der Waals surface area contributed by atoms with Gasteiger partial charge >= 0.3 is 5.97 Å². The molecule has 1 aliphatic rings. The Labute approximate surface area is 158 Å². The van der Waals surface area contributed by atoms with Crippen molar-refractivity contribution in [3.05, 3.63) is 46.8 Å². The Hall–Kier alpha value is -2.67. The Bertz CT molecular complexity index is 820. The molecule has 1 unspecified atom stereocenters. The number of hydrogen-bond donors (Lipinski definition) is 2. The van der Waals surface area contributed by atoms with Crippen molar-refractivity contribution in [3.8, 4) is 5.69 Å². The van der Waals surface area contributed by atoms with E-state index < -0.39 is 5.97 Å². The van der Waals surface area contributed by atoms with Crippen LogP contribution in [0.15, 0.2) is 24.3 Å². The molecule has 0 spiro atoms. The highest BCUT2D eigenvalue weighted by atomic mass is 16.5. The standard InChI is InChI=1S/C20H25N3O4/c1-13-18(9-10-19(24)25)14(2)23(22-13)17-7-5-15(6-8-17)20(26)21-16-4-3-11-27-12-16/h5-8,16H,3-4,9-12H2,1-2H3,(H,21,26)(H,24,25). The number of aliphatic carboxylic acids is 1. The van der Waals surface area contributed by atoms with Gasteiger partial charge in [0.15, 0.2) is 0 Å². The molecule has 3 rings (SSSR count). The molecule has 0 aliphatic carbocycles. The van der Waals surface area contributed by atoms with Crippen molar-refractivity contribution in [1.82, 2.24) is 15.1 Å². The third-order valence-corrected chi connectivity index (χ3v) is 4.90. The predicted octanol–water partition coefficient (Wildman–Crippen LogP) is 2.42. The monoisotopic (exact) mass is 371 g/mol. The van der Waals surface area contributed by atoms with Crippen molar-refractivity contribution >= 4 is 11.9 Å². The van der Waals surface area contributed by atoms with E-state index in [-0.39, 0.29) is 18.4 Å². The Kier molecular flexibility index (Phi) is 5.91. The van der Waals surface area contributed by atoms with Gasteiger partial charge in [-0.1, -0.05) is 0 Å². The van der Waals surface area contributed by atoms with E-state index in [0.717, 1.165) is 42.1 Å². The molecular formula is C20H25N3O4. The van der Waals surface area contributed by atoms with Gasteiger partial charge in [-0.2, -0.15) is 5.10 Å². The van der Waals surface area contributed by atoms with Gasteiger partial charge in [-0.3, -0.25) is 9.59 Å². The van der Waals surface area contributed by atoms with E-state index in [9.17, 15) is 9.59 Å². The summed E-state index contributed by atoms with van der Waals surface area (Å²) in [6, 6.07) is 7.33. The first-order valence-electron chi connectivity index (χ1n) is 9.21. The highest BCUT2D eigenvalue weighted by molar-refractivity contribution is 5.94. The molecule has 2 heterocycles. The third kappa shape index (κ3) is 4.54. The van der Waals surface area contributed by atoms with Crippen LogP contribution in [0, 0.1) is 13.8 Å². The molecule has 1 fully saturated rings. The first kappa shape index (κ1) is 19.1. The maximum Gasteiger partial charge on any atom is 0.303 e. The van der Waals surface area contributed by atoms with E-state index in [4.69, 9.17) is 9.84 Å². The average Bonchev–Trinajstić information content (AvgIpc) is 2.95. The number of nitrogens with zero attached hydrogens (tertiary/aromatic N) is 2. The van der Waals surface area contributed by atoms with E-state index >= 15 is 0 Å². The van der Waals surface area contributed by atoms with Crippen LogP contribution in [-0.4, -0.2) is 46.0 Å². The van der Waals surface area contributed by atoms with Gasteiger partial charge in [-0.25, -0.2) is 4.68 Å². The molecular weight excluding hydrogens is 346 g/mol. The lowest BCUT2D eigenvalue weighted by atomic mass is 10.1. The number of aryl methyl sites for hydroxylation is 1. The van der Waals surface area contributed by atoms with Crippen LogP contribution in [0.4, 0.5) is 0 Å². The maximum absolute atomic E-state index is 12.4. The SMILES string of the molecule is Cc1nn(-c2ccc(C(=O)NC3CCCOC3)cc2)c(C)c1CCC(=O)O. The topological polar surface area (TPSA) is 93.5 Å². The summed E-state index contributed by atoms with van der Waals surface area (Å²) in [7, 11) is 0. The van der Waals surface area contributed by atoms with Crippen LogP contribution in [-0.2, 0) is 16.0 Å². The second kappa shape index (κ2) is 8.35. The van der Waals surface area contributed by atoms with Crippen molar-refractivity contribution in [2.75, 3.05) is 13.2 Å². The molecule has 0 bridgehead atoms. The van der Waals surface area contributed by atoms with E-state index in [1.807, 2.05) is 26.0 Å².